The predicted molar refractivity (Wildman–Crippen MR) is 361 cm³/mol. The van der Waals surface area contributed by atoms with Gasteiger partial charge in [-0.05, 0) is 188 Å². The van der Waals surface area contributed by atoms with Gasteiger partial charge < -0.3 is 48.7 Å². The van der Waals surface area contributed by atoms with Crippen LogP contribution in [0.1, 0.15) is 144 Å². The quantitative estimate of drug-likeness (QED) is 0.0286. The van der Waals surface area contributed by atoms with Crippen LogP contribution < -0.4 is 24.8 Å². The maximum atomic E-state index is 13.3. The van der Waals surface area contributed by atoms with E-state index >= 15 is 0 Å². The number of piperidine rings is 1. The predicted octanol–water partition coefficient (Wildman–Crippen LogP) is 9.91. The van der Waals surface area contributed by atoms with Crippen LogP contribution >= 0.6 is 0 Å². The SMILES string of the molecule is [C-]#[N+]c1cc(C)cc2c1C[C@H](N1CCC[C@H](C)C1)[C@H]2Oc1ccc(S(=O)(=O)NCCOCCOCCCC(=O)CCCCCNC(=O)NCCOCCOCCCS(=O)(=O)c2ccc(O[C@H]3c4cc(C)cc(C#N)c4C[C@@H]3N3CCN(C(=O)OC(C)(C)C)[C@H](C)C3)cc2)cc1. The van der Waals surface area contributed by atoms with Crippen molar-refractivity contribution in [3.8, 4) is 17.6 Å². The van der Waals surface area contributed by atoms with E-state index in [0.717, 1.165) is 78.6 Å². The van der Waals surface area contributed by atoms with Gasteiger partial charge in [-0.25, -0.2) is 36.0 Å². The normalized spacial score (nSPS) is 19.9. The molecule has 2 aliphatic heterocycles. The zero-order valence-electron chi connectivity index (χ0n) is 56.5. The van der Waals surface area contributed by atoms with Crippen molar-refractivity contribution in [3.63, 3.8) is 0 Å². The van der Waals surface area contributed by atoms with Gasteiger partial charge in [0.15, 0.2) is 15.5 Å². The van der Waals surface area contributed by atoms with Crippen LogP contribution in [0.3, 0.4) is 0 Å². The molecule has 8 rings (SSSR count). The number of nitriles is 1. The van der Waals surface area contributed by atoms with Gasteiger partial charge in [0.2, 0.25) is 10.0 Å². The molecular weight excluding hydrogens is 1250 g/mol. The number of hydrogen-bond donors (Lipinski definition) is 3. The van der Waals surface area contributed by atoms with E-state index in [1.165, 1.54) is 6.42 Å². The second-order valence-corrected chi connectivity index (χ2v) is 30.3. The molecule has 0 unspecified atom stereocenters. The number of nitrogens with one attached hydrogen (secondary N) is 3. The number of nitrogens with zero attached hydrogens (tertiary/aromatic N) is 5. The van der Waals surface area contributed by atoms with Crippen LogP contribution in [-0.2, 0) is 61.2 Å². The lowest BCUT2D eigenvalue weighted by molar-refractivity contribution is -0.119. The number of Topliss-reactive ketones (excluding diaryl/α,β-unsaturated/α-hetero) is 1. The molecule has 518 valence electrons. The molecule has 4 aliphatic rings. The van der Waals surface area contributed by atoms with Crippen LogP contribution in [0.5, 0.6) is 11.5 Å². The van der Waals surface area contributed by atoms with Gasteiger partial charge in [-0.3, -0.25) is 14.6 Å². The Bertz CT molecular complexity index is 3520. The first-order chi connectivity index (χ1) is 45.5. The lowest BCUT2D eigenvalue weighted by Gasteiger charge is -2.43. The smallest absolute Gasteiger partial charge is 0.410 e. The molecule has 0 aromatic heterocycles. The Morgan fingerprint density at radius 1 is 0.653 bits per heavy atom. The summed E-state index contributed by atoms with van der Waals surface area (Å²) in [6.07, 6.45) is 6.62. The number of sulfonamides is 1. The molecule has 3 N–H and O–H groups in total. The second kappa shape index (κ2) is 35.5. The minimum absolute atomic E-state index is 0.0851. The first-order valence-corrected chi connectivity index (χ1v) is 36.8. The van der Waals surface area contributed by atoms with Crippen molar-refractivity contribution in [2.24, 2.45) is 5.92 Å². The number of aryl methyl sites for hydroxylation is 2. The third kappa shape index (κ3) is 21.9. The first kappa shape index (κ1) is 74.1. The molecule has 0 spiro atoms. The Morgan fingerprint density at radius 3 is 1.84 bits per heavy atom. The number of hydrogen-bond acceptors (Lipinski definition) is 17. The molecule has 0 bridgehead atoms. The number of carbonyl (C=O) groups is 3. The van der Waals surface area contributed by atoms with E-state index in [1.807, 2.05) is 53.7 Å². The molecule has 3 amide bonds. The summed E-state index contributed by atoms with van der Waals surface area (Å²) in [6, 6.07) is 22.9. The fourth-order valence-corrected chi connectivity index (χ4v) is 15.3. The van der Waals surface area contributed by atoms with Crippen LogP contribution in [-0.4, -0.2) is 184 Å². The van der Waals surface area contributed by atoms with Gasteiger partial charge in [-0.15, -0.1) is 0 Å². The molecule has 22 nitrogen and oxygen atoms in total. The van der Waals surface area contributed by atoms with Crippen molar-refractivity contribution in [2.75, 3.05) is 111 Å². The van der Waals surface area contributed by atoms with Crippen molar-refractivity contribution in [1.29, 1.82) is 5.26 Å². The molecule has 2 aliphatic carbocycles. The fraction of sp³-hybridized carbons (Fsp3) is 0.592. The number of urea groups is 1. The van der Waals surface area contributed by atoms with E-state index in [4.69, 9.17) is 39.7 Å². The Hall–Kier alpha value is -6.71. The highest BCUT2D eigenvalue weighted by molar-refractivity contribution is 7.91. The van der Waals surface area contributed by atoms with Gasteiger partial charge in [0.05, 0.1) is 85.5 Å². The third-order valence-electron chi connectivity index (χ3n) is 17.6. The molecule has 24 heteroatoms. The number of carbonyl (C=O) groups excluding carboxylic acids is 3. The molecule has 4 aromatic carbocycles. The van der Waals surface area contributed by atoms with Crippen LogP contribution in [0.4, 0.5) is 15.3 Å². The molecule has 95 heavy (non-hydrogen) atoms. The van der Waals surface area contributed by atoms with Crippen LogP contribution in [0, 0.1) is 37.7 Å². The summed E-state index contributed by atoms with van der Waals surface area (Å²) in [4.78, 5) is 48.4. The van der Waals surface area contributed by atoms with E-state index in [2.05, 4.69) is 55.1 Å². The number of rotatable bonds is 35. The Kier molecular flexibility index (Phi) is 27.7. The maximum absolute atomic E-state index is 13.3. The minimum atomic E-state index is -3.79. The largest absolute Gasteiger partial charge is 0.484 e. The van der Waals surface area contributed by atoms with Crippen molar-refractivity contribution < 1.29 is 64.4 Å². The molecule has 2 heterocycles. The summed E-state index contributed by atoms with van der Waals surface area (Å²) in [6.45, 7) is 28.3. The molecule has 0 saturated carbocycles. The zero-order valence-corrected chi connectivity index (χ0v) is 58.1. The van der Waals surface area contributed by atoms with E-state index in [1.54, 1.807) is 53.4 Å². The van der Waals surface area contributed by atoms with E-state index in [9.17, 15) is 36.5 Å². The minimum Gasteiger partial charge on any atom is -0.484 e. The molecule has 4 aromatic rings. The summed E-state index contributed by atoms with van der Waals surface area (Å²) in [7, 11) is -7.41. The van der Waals surface area contributed by atoms with Crippen LogP contribution in [0.2, 0.25) is 0 Å². The van der Waals surface area contributed by atoms with Gasteiger partial charge >= 0.3 is 12.1 Å². The molecule has 6 atom stereocenters. The highest BCUT2D eigenvalue weighted by Gasteiger charge is 2.44. The Balaban J connectivity index is 0.599. The Labute approximate surface area is 562 Å². The number of piperazine rings is 1. The van der Waals surface area contributed by atoms with Gasteiger partial charge in [-0.2, -0.15) is 5.26 Å². The zero-order chi connectivity index (χ0) is 68.1. The number of benzene rings is 4. The number of unbranched alkanes of at least 4 members (excludes halogenated alkanes) is 2. The number of amides is 3. The van der Waals surface area contributed by atoms with Gasteiger partial charge in [0, 0.05) is 77.9 Å². The van der Waals surface area contributed by atoms with Crippen LogP contribution in [0.25, 0.3) is 4.85 Å². The van der Waals surface area contributed by atoms with Crippen molar-refractivity contribution in [3.05, 3.63) is 123 Å². The number of ether oxygens (including phenoxy) is 7. The highest BCUT2D eigenvalue weighted by Crippen LogP contribution is 2.45. The molecule has 2 saturated heterocycles. The number of sulfone groups is 1. The fourth-order valence-electron chi connectivity index (χ4n) is 13.0. The van der Waals surface area contributed by atoms with Crippen molar-refractivity contribution >= 4 is 43.5 Å². The average molecular weight is 1350 g/mol. The van der Waals surface area contributed by atoms with E-state index in [0.29, 0.717) is 100 Å². The topological polar surface area (TPSA) is 258 Å². The summed E-state index contributed by atoms with van der Waals surface area (Å²) in [5, 5.41) is 15.6. The highest BCUT2D eigenvalue weighted by atomic mass is 32.2. The van der Waals surface area contributed by atoms with Crippen LogP contribution in [0.15, 0.2) is 82.6 Å². The number of ketones is 1. The molecule has 2 fully saturated rings. The first-order valence-electron chi connectivity index (χ1n) is 33.6. The second-order valence-electron chi connectivity index (χ2n) is 26.4. The van der Waals surface area contributed by atoms with Crippen molar-refractivity contribution in [2.45, 2.75) is 165 Å². The maximum Gasteiger partial charge on any atom is 0.410 e. The van der Waals surface area contributed by atoms with Gasteiger partial charge in [-0.1, -0.05) is 37.1 Å². The molecule has 0 radical (unpaired) electrons. The van der Waals surface area contributed by atoms with Gasteiger partial charge in [0.1, 0.15) is 35.1 Å². The average Bonchev–Trinajstić information content (AvgIpc) is 1.63. The monoisotopic (exact) mass is 1350 g/mol. The van der Waals surface area contributed by atoms with Gasteiger partial charge in [0.25, 0.3) is 0 Å². The lowest BCUT2D eigenvalue weighted by atomic mass is 9.97. The third-order valence-corrected chi connectivity index (χ3v) is 20.9. The summed E-state index contributed by atoms with van der Waals surface area (Å²) in [5.74, 6) is 1.71. The summed E-state index contributed by atoms with van der Waals surface area (Å²) < 4.78 is 96.9. The summed E-state index contributed by atoms with van der Waals surface area (Å²) in [5.41, 5.74) is 6.60. The number of fused-ring (bicyclic) bond motifs is 2. The summed E-state index contributed by atoms with van der Waals surface area (Å²) >= 11 is 0. The van der Waals surface area contributed by atoms with E-state index in [-0.39, 0.29) is 110 Å². The standard InChI is InChI=1S/C71H98N8O14S2/c1-50-15-12-29-77(48-50)66-46-61-63(43-52(3)44-64(61)73-8)68(66)92-57-20-24-59(25-21-57)95(85,86)76-28-35-90-39-36-87-32-13-17-55(80)16-10-9-11-26-74-69(81)75-27-34-89-38-37-88-33-14-40-94(83,84)58-22-18-56(19-23-58)91-67-62-42-51(2)41-54(47-72)60(62)45-65(67)78-30-31-79(53(4)49-78)70(82)93-71(5,6)7/h18-25,41-44,50,53,65-68,76H,9-17,26-40,45-46,48-49H2,1-7H3,(H2,74,75,81)/t50-,53+,65-,66-,67-,68-/m0/s1. The lowest BCUT2D eigenvalue weighted by Crippen LogP contribution is -2.58. The molecular formula is C71H98N8O14S2. The number of likely N-dealkylation sites (tertiary alicyclic amines) is 1. The Morgan fingerprint density at radius 2 is 1.22 bits per heavy atom. The van der Waals surface area contributed by atoms with Crippen molar-refractivity contribution in [1.82, 2.24) is 30.1 Å². The van der Waals surface area contributed by atoms with E-state index < -0.39 is 31.6 Å².